The highest BCUT2D eigenvalue weighted by atomic mass is 15.3. The molecular weight excluding hydrogens is 208 g/mol. The van der Waals surface area contributed by atoms with Gasteiger partial charge >= 0.3 is 0 Å². The third-order valence-electron chi connectivity index (χ3n) is 3.35. The highest BCUT2D eigenvalue weighted by Gasteiger charge is 2.39. The van der Waals surface area contributed by atoms with E-state index >= 15 is 0 Å². The molecule has 2 unspecified atom stereocenters. The van der Waals surface area contributed by atoms with Crippen LogP contribution in [0.25, 0.3) is 0 Å². The molecule has 1 heterocycles. The Bertz CT molecular complexity index is 311. The number of hydrogen-bond acceptors (Lipinski definition) is 2. The van der Waals surface area contributed by atoms with Gasteiger partial charge in [0.1, 0.15) is 0 Å². The average molecular weight is 234 g/mol. The highest BCUT2D eigenvalue weighted by molar-refractivity contribution is 5.14. The minimum atomic E-state index is 0.513. The van der Waals surface area contributed by atoms with E-state index in [1.807, 2.05) is 0 Å². The van der Waals surface area contributed by atoms with Crippen LogP contribution < -0.4 is 5.32 Å². The summed E-state index contributed by atoms with van der Waals surface area (Å²) in [5.74, 6) is 0. The van der Waals surface area contributed by atoms with Crippen molar-refractivity contribution in [2.24, 2.45) is 0 Å². The van der Waals surface area contributed by atoms with Crippen LogP contribution in [0.3, 0.4) is 0 Å². The molecule has 0 aromatic rings. The van der Waals surface area contributed by atoms with E-state index < -0.39 is 0 Å². The molecule has 0 bridgehead atoms. The van der Waals surface area contributed by atoms with Crippen LogP contribution in [0, 0.1) is 0 Å². The molecule has 2 heteroatoms. The maximum atomic E-state index is 3.93. The van der Waals surface area contributed by atoms with Gasteiger partial charge in [0.05, 0.1) is 6.04 Å². The Hall–Kier alpha value is -1.02. The van der Waals surface area contributed by atoms with Crippen LogP contribution in [0.2, 0.25) is 0 Å². The molecule has 1 saturated heterocycles. The molecule has 1 aliphatic heterocycles. The molecule has 1 fully saturated rings. The largest absolute Gasteiger partial charge is 0.380 e. The summed E-state index contributed by atoms with van der Waals surface area (Å²) in [5, 5.41) is 3.44. The Kier molecular flexibility index (Phi) is 5.01. The minimum Gasteiger partial charge on any atom is -0.380 e. The van der Waals surface area contributed by atoms with Crippen molar-refractivity contribution in [3.05, 3.63) is 36.6 Å². The van der Waals surface area contributed by atoms with Gasteiger partial charge in [0, 0.05) is 24.3 Å². The third-order valence-corrected chi connectivity index (χ3v) is 3.35. The molecule has 96 valence electrons. The van der Waals surface area contributed by atoms with E-state index in [1.165, 1.54) is 5.57 Å². The fraction of sp³-hybridized carbons (Fsp3) is 0.600. The number of nitrogens with one attached hydrogen (secondary N) is 1. The summed E-state index contributed by atoms with van der Waals surface area (Å²) in [6.45, 7) is 17.6. The van der Waals surface area contributed by atoms with Gasteiger partial charge in [0.2, 0.25) is 0 Å². The molecule has 0 radical (unpaired) electrons. The van der Waals surface area contributed by atoms with Crippen molar-refractivity contribution in [3.63, 3.8) is 0 Å². The summed E-state index contributed by atoms with van der Waals surface area (Å²) in [6, 6.07) is 1.71. The first-order valence-electron chi connectivity index (χ1n) is 6.42. The first kappa shape index (κ1) is 14.0. The molecule has 0 aromatic heterocycles. The smallest absolute Gasteiger partial charge is 0.0546 e. The Morgan fingerprint density at radius 3 is 2.59 bits per heavy atom. The van der Waals surface area contributed by atoms with Crippen molar-refractivity contribution in [1.82, 2.24) is 10.2 Å². The topological polar surface area (TPSA) is 15.3 Å². The van der Waals surface area contributed by atoms with E-state index in [1.54, 1.807) is 6.08 Å². The normalized spacial score (nSPS) is 24.1. The second-order valence-electron chi connectivity index (χ2n) is 5.36. The van der Waals surface area contributed by atoms with Crippen molar-refractivity contribution in [3.8, 4) is 0 Å². The molecule has 0 aliphatic carbocycles. The van der Waals surface area contributed by atoms with Crippen LogP contribution >= 0.6 is 0 Å². The van der Waals surface area contributed by atoms with Gasteiger partial charge in [-0.2, -0.15) is 0 Å². The minimum absolute atomic E-state index is 0.513. The van der Waals surface area contributed by atoms with Gasteiger partial charge in [-0.3, -0.25) is 4.90 Å². The lowest BCUT2D eigenvalue weighted by Crippen LogP contribution is -2.66. The van der Waals surface area contributed by atoms with Gasteiger partial charge in [0.25, 0.3) is 0 Å². The molecule has 0 saturated carbocycles. The van der Waals surface area contributed by atoms with Gasteiger partial charge in [-0.25, -0.2) is 0 Å². The molecule has 2 nitrogen and oxygen atoms in total. The molecule has 1 N–H and O–H groups in total. The van der Waals surface area contributed by atoms with Crippen LogP contribution in [0.4, 0.5) is 0 Å². The summed E-state index contributed by atoms with van der Waals surface area (Å²) in [5.41, 5.74) is 2.32. The van der Waals surface area contributed by atoms with E-state index in [0.717, 1.165) is 18.7 Å². The number of likely N-dealkylation sites (tertiary alicyclic amines) is 1. The lowest BCUT2D eigenvalue weighted by Gasteiger charge is -2.51. The van der Waals surface area contributed by atoms with Crippen molar-refractivity contribution in [2.75, 3.05) is 6.54 Å². The maximum Gasteiger partial charge on any atom is 0.0546 e. The third kappa shape index (κ3) is 3.74. The van der Waals surface area contributed by atoms with E-state index in [0.29, 0.717) is 18.1 Å². The van der Waals surface area contributed by atoms with E-state index in [4.69, 9.17) is 0 Å². The fourth-order valence-corrected chi connectivity index (χ4v) is 2.27. The summed E-state index contributed by atoms with van der Waals surface area (Å²) in [4.78, 5) is 2.54. The van der Waals surface area contributed by atoms with Gasteiger partial charge < -0.3 is 5.32 Å². The van der Waals surface area contributed by atoms with Crippen molar-refractivity contribution in [1.29, 1.82) is 0 Å². The van der Waals surface area contributed by atoms with Crippen molar-refractivity contribution >= 4 is 0 Å². The highest BCUT2D eigenvalue weighted by Crippen LogP contribution is 2.25. The van der Waals surface area contributed by atoms with Crippen molar-refractivity contribution in [2.45, 2.75) is 52.2 Å². The van der Waals surface area contributed by atoms with Gasteiger partial charge in [-0.05, 0) is 40.2 Å². The molecule has 2 atom stereocenters. The SMILES string of the molecule is C=CC(=C)NC1CN(C(C)C)C1CC=C(C)C. The number of rotatable bonds is 6. The molecular formula is C15H26N2. The quantitative estimate of drug-likeness (QED) is 0.561. The first-order chi connectivity index (χ1) is 7.95. The molecule has 1 aliphatic rings. The zero-order valence-corrected chi connectivity index (χ0v) is 11.7. The monoisotopic (exact) mass is 234 g/mol. The second-order valence-corrected chi connectivity index (χ2v) is 5.36. The van der Waals surface area contributed by atoms with Gasteiger partial charge in [0.15, 0.2) is 0 Å². The number of hydrogen-bond donors (Lipinski definition) is 1. The average Bonchev–Trinajstić information content (AvgIpc) is 2.22. The van der Waals surface area contributed by atoms with Crippen LogP contribution in [0.5, 0.6) is 0 Å². The Balaban J connectivity index is 2.58. The number of nitrogens with zero attached hydrogens (tertiary/aromatic N) is 1. The molecule has 1 rings (SSSR count). The van der Waals surface area contributed by atoms with Crippen LogP contribution in [-0.2, 0) is 0 Å². The Morgan fingerprint density at radius 2 is 2.12 bits per heavy atom. The maximum absolute atomic E-state index is 3.93. The zero-order chi connectivity index (χ0) is 13.0. The Morgan fingerprint density at radius 1 is 1.47 bits per heavy atom. The zero-order valence-electron chi connectivity index (χ0n) is 11.7. The van der Waals surface area contributed by atoms with Gasteiger partial charge in [-0.1, -0.05) is 24.8 Å². The van der Waals surface area contributed by atoms with E-state index in [2.05, 4.69) is 57.1 Å². The first-order valence-corrected chi connectivity index (χ1v) is 6.42. The Labute approximate surface area is 106 Å². The predicted octanol–water partition coefficient (Wildman–Crippen LogP) is 3.09. The summed E-state index contributed by atoms with van der Waals surface area (Å²) < 4.78 is 0. The van der Waals surface area contributed by atoms with Crippen LogP contribution in [0.1, 0.15) is 34.1 Å². The fourth-order valence-electron chi connectivity index (χ4n) is 2.27. The standard InChI is InChI=1S/C15H26N2/c1-7-13(6)16-14-10-17(12(4)5)15(14)9-8-11(2)3/h7-8,12,14-16H,1,6,9-10H2,2-5H3. The molecule has 0 amide bonds. The van der Waals surface area contributed by atoms with Crippen molar-refractivity contribution < 1.29 is 0 Å². The van der Waals surface area contributed by atoms with Gasteiger partial charge in [-0.15, -0.1) is 0 Å². The predicted molar refractivity (Wildman–Crippen MR) is 75.9 cm³/mol. The van der Waals surface area contributed by atoms with Crippen LogP contribution in [-0.4, -0.2) is 29.6 Å². The summed E-state index contributed by atoms with van der Waals surface area (Å²) in [6.07, 6.45) is 5.23. The molecule has 17 heavy (non-hydrogen) atoms. The van der Waals surface area contributed by atoms with E-state index in [9.17, 15) is 0 Å². The number of allylic oxidation sites excluding steroid dienone is 2. The summed E-state index contributed by atoms with van der Waals surface area (Å²) >= 11 is 0. The van der Waals surface area contributed by atoms with E-state index in [-0.39, 0.29) is 0 Å². The van der Waals surface area contributed by atoms with Crippen LogP contribution in [0.15, 0.2) is 36.6 Å². The summed E-state index contributed by atoms with van der Waals surface area (Å²) in [7, 11) is 0. The molecule has 0 aromatic carbocycles. The molecule has 0 spiro atoms. The lowest BCUT2D eigenvalue weighted by atomic mass is 9.90. The second kappa shape index (κ2) is 6.06. The lowest BCUT2D eigenvalue weighted by molar-refractivity contribution is 0.0213.